The molecule has 1 heterocycles. The zero-order chi connectivity index (χ0) is 13.9. The van der Waals surface area contributed by atoms with Crippen LogP contribution in [0.2, 0.25) is 0 Å². The van der Waals surface area contributed by atoms with Crippen molar-refractivity contribution in [3.05, 3.63) is 47.7 Å². The molecule has 2 aromatic rings. The highest BCUT2D eigenvalue weighted by atomic mass is 19.4. The molecule has 1 N–H and O–H groups in total. The van der Waals surface area contributed by atoms with E-state index < -0.39 is 11.7 Å². The van der Waals surface area contributed by atoms with Crippen LogP contribution in [0.15, 0.2) is 40.8 Å². The lowest BCUT2D eigenvalue weighted by Crippen LogP contribution is -2.10. The van der Waals surface area contributed by atoms with Crippen LogP contribution in [0.1, 0.15) is 18.2 Å². The molecule has 102 valence electrons. The van der Waals surface area contributed by atoms with Crippen LogP contribution in [-0.2, 0) is 12.7 Å². The van der Waals surface area contributed by atoms with Crippen LogP contribution < -0.4 is 5.32 Å². The number of benzene rings is 1. The van der Waals surface area contributed by atoms with E-state index in [2.05, 4.69) is 5.32 Å². The second kappa shape index (κ2) is 5.48. The van der Waals surface area contributed by atoms with Crippen LogP contribution in [0, 0.1) is 0 Å². The molecule has 5 heteroatoms. The Labute approximate surface area is 109 Å². The summed E-state index contributed by atoms with van der Waals surface area (Å²) in [6, 6.07) is 8.66. The summed E-state index contributed by atoms with van der Waals surface area (Å²) in [5.41, 5.74) is -0.614. The molecule has 0 fully saturated rings. The highest BCUT2D eigenvalue weighted by molar-refractivity contribution is 5.63. The third-order valence-electron chi connectivity index (χ3n) is 2.71. The van der Waals surface area contributed by atoms with Gasteiger partial charge in [0.05, 0.1) is 12.1 Å². The minimum absolute atomic E-state index is 0.0674. The third-order valence-corrected chi connectivity index (χ3v) is 2.71. The van der Waals surface area contributed by atoms with Crippen LogP contribution in [-0.4, -0.2) is 6.54 Å². The van der Waals surface area contributed by atoms with Gasteiger partial charge in [0.15, 0.2) is 0 Å². The molecule has 0 aliphatic carbocycles. The minimum atomic E-state index is -4.38. The Bertz CT molecular complexity index is 546. The lowest BCUT2D eigenvalue weighted by Gasteiger charge is -2.10. The first kappa shape index (κ1) is 13.7. The number of halogens is 3. The summed E-state index contributed by atoms with van der Waals surface area (Å²) < 4.78 is 44.1. The van der Waals surface area contributed by atoms with Crippen molar-refractivity contribution < 1.29 is 17.6 Å². The molecular weight excluding hydrogens is 255 g/mol. The molecule has 2 nitrogen and oxygen atoms in total. The summed E-state index contributed by atoms with van der Waals surface area (Å²) in [4.78, 5) is 0. The van der Waals surface area contributed by atoms with Gasteiger partial charge in [-0.1, -0.05) is 25.1 Å². The number of nitrogens with one attached hydrogen (secondary N) is 1. The monoisotopic (exact) mass is 269 g/mol. The fourth-order valence-electron chi connectivity index (χ4n) is 1.81. The molecule has 0 spiro atoms. The molecule has 2 rings (SSSR count). The Morgan fingerprint density at radius 2 is 1.84 bits per heavy atom. The average Bonchev–Trinajstić information content (AvgIpc) is 2.84. The van der Waals surface area contributed by atoms with Gasteiger partial charge < -0.3 is 9.73 Å². The Kier molecular flexibility index (Phi) is 3.95. The van der Waals surface area contributed by atoms with E-state index in [0.29, 0.717) is 12.3 Å². The van der Waals surface area contributed by atoms with E-state index in [1.54, 1.807) is 18.2 Å². The number of hydrogen-bond donors (Lipinski definition) is 1. The molecule has 19 heavy (non-hydrogen) atoms. The Morgan fingerprint density at radius 3 is 2.53 bits per heavy atom. The smallest absolute Gasteiger partial charge is 0.417 e. The molecule has 0 atom stereocenters. The van der Waals surface area contributed by atoms with Crippen molar-refractivity contribution in [3.63, 3.8) is 0 Å². The van der Waals surface area contributed by atoms with Crippen molar-refractivity contribution in [2.45, 2.75) is 19.6 Å². The number of hydrogen-bond acceptors (Lipinski definition) is 2. The zero-order valence-electron chi connectivity index (χ0n) is 10.4. The summed E-state index contributed by atoms with van der Waals surface area (Å²) in [6.07, 6.45) is -4.38. The molecule has 0 amide bonds. The molecule has 0 bridgehead atoms. The largest absolute Gasteiger partial charge is 0.460 e. The summed E-state index contributed by atoms with van der Waals surface area (Å²) in [5, 5.41) is 3.06. The molecule has 0 aliphatic rings. The predicted molar refractivity (Wildman–Crippen MR) is 66.5 cm³/mol. The maximum atomic E-state index is 12.9. The molecule has 1 aromatic heterocycles. The van der Waals surface area contributed by atoms with E-state index in [4.69, 9.17) is 4.42 Å². The Hall–Kier alpha value is -1.75. The van der Waals surface area contributed by atoms with Crippen molar-refractivity contribution in [1.29, 1.82) is 0 Å². The van der Waals surface area contributed by atoms with Gasteiger partial charge in [0.2, 0.25) is 0 Å². The maximum Gasteiger partial charge on any atom is 0.417 e. The molecular formula is C14H14F3NO. The quantitative estimate of drug-likeness (QED) is 0.904. The van der Waals surface area contributed by atoms with Crippen molar-refractivity contribution >= 4 is 0 Å². The van der Waals surface area contributed by atoms with Gasteiger partial charge in [-0.25, -0.2) is 0 Å². The van der Waals surface area contributed by atoms with Crippen molar-refractivity contribution in [2.24, 2.45) is 0 Å². The van der Waals surface area contributed by atoms with Crippen LogP contribution in [0.4, 0.5) is 13.2 Å². The molecule has 1 aromatic carbocycles. The first-order valence-electron chi connectivity index (χ1n) is 5.98. The van der Waals surface area contributed by atoms with Gasteiger partial charge in [-0.2, -0.15) is 13.2 Å². The summed E-state index contributed by atoms with van der Waals surface area (Å²) in [7, 11) is 0. The fourth-order valence-corrected chi connectivity index (χ4v) is 1.81. The van der Waals surface area contributed by atoms with E-state index in [1.807, 2.05) is 6.92 Å². The predicted octanol–water partition coefficient (Wildman–Crippen LogP) is 4.07. The topological polar surface area (TPSA) is 25.2 Å². The lowest BCUT2D eigenvalue weighted by molar-refractivity contribution is -0.137. The first-order chi connectivity index (χ1) is 9.02. The van der Waals surface area contributed by atoms with E-state index in [-0.39, 0.29) is 11.3 Å². The summed E-state index contributed by atoms with van der Waals surface area (Å²) in [6.45, 7) is 3.22. The van der Waals surface area contributed by atoms with Crippen LogP contribution in [0.25, 0.3) is 11.3 Å². The summed E-state index contributed by atoms with van der Waals surface area (Å²) >= 11 is 0. The second-order valence-corrected chi connectivity index (χ2v) is 4.09. The van der Waals surface area contributed by atoms with Gasteiger partial charge in [0.1, 0.15) is 11.5 Å². The Balaban J connectivity index is 2.34. The standard InChI is InChI=1S/C14H14F3NO/c1-2-18-9-10-7-8-13(19-10)11-5-3-4-6-12(11)14(15,16)17/h3-8,18H,2,9H2,1H3. The zero-order valence-corrected chi connectivity index (χ0v) is 10.4. The Morgan fingerprint density at radius 1 is 1.11 bits per heavy atom. The van der Waals surface area contributed by atoms with Crippen molar-refractivity contribution in [2.75, 3.05) is 6.54 Å². The number of rotatable bonds is 4. The lowest BCUT2D eigenvalue weighted by atomic mass is 10.1. The SMILES string of the molecule is CCNCc1ccc(-c2ccccc2C(F)(F)F)o1. The summed E-state index contributed by atoms with van der Waals surface area (Å²) in [5.74, 6) is 0.856. The third kappa shape index (κ3) is 3.17. The van der Waals surface area contributed by atoms with E-state index in [1.165, 1.54) is 12.1 Å². The van der Waals surface area contributed by atoms with Crippen LogP contribution in [0.3, 0.4) is 0 Å². The molecule has 0 unspecified atom stereocenters. The normalized spacial score (nSPS) is 11.8. The van der Waals surface area contributed by atoms with Gasteiger partial charge in [-0.15, -0.1) is 0 Å². The van der Waals surface area contributed by atoms with E-state index >= 15 is 0 Å². The van der Waals surface area contributed by atoms with Crippen LogP contribution in [0.5, 0.6) is 0 Å². The van der Waals surface area contributed by atoms with Gasteiger partial charge in [-0.05, 0) is 24.7 Å². The number of furan rings is 1. The maximum absolute atomic E-state index is 12.9. The van der Waals surface area contributed by atoms with Gasteiger partial charge in [-0.3, -0.25) is 0 Å². The van der Waals surface area contributed by atoms with Crippen LogP contribution >= 0.6 is 0 Å². The molecule has 0 saturated carbocycles. The molecule has 0 aliphatic heterocycles. The number of alkyl halides is 3. The van der Waals surface area contributed by atoms with Gasteiger partial charge in [0, 0.05) is 5.56 Å². The van der Waals surface area contributed by atoms with Gasteiger partial charge >= 0.3 is 6.18 Å². The molecule has 0 saturated heterocycles. The molecule has 0 radical (unpaired) electrons. The highest BCUT2D eigenvalue weighted by Crippen LogP contribution is 2.37. The van der Waals surface area contributed by atoms with Gasteiger partial charge in [0.25, 0.3) is 0 Å². The van der Waals surface area contributed by atoms with Crippen molar-refractivity contribution in [1.82, 2.24) is 5.32 Å². The van der Waals surface area contributed by atoms with E-state index in [9.17, 15) is 13.2 Å². The fraction of sp³-hybridized carbons (Fsp3) is 0.286. The highest BCUT2D eigenvalue weighted by Gasteiger charge is 2.34. The van der Waals surface area contributed by atoms with E-state index in [0.717, 1.165) is 12.6 Å². The van der Waals surface area contributed by atoms with Crippen molar-refractivity contribution in [3.8, 4) is 11.3 Å². The minimum Gasteiger partial charge on any atom is -0.460 e. The first-order valence-corrected chi connectivity index (χ1v) is 5.98. The average molecular weight is 269 g/mol. The second-order valence-electron chi connectivity index (χ2n) is 4.09.